The predicted molar refractivity (Wildman–Crippen MR) is 138 cm³/mol. The molecule has 178 valence electrons. The fraction of sp³-hybridized carbons (Fsp3) is 0.214. The molecule has 6 nitrogen and oxygen atoms in total. The average molecular weight is 488 g/mol. The molecule has 1 saturated heterocycles. The van der Waals surface area contributed by atoms with Gasteiger partial charge in [0.2, 0.25) is 5.91 Å². The number of hydrazine groups is 1. The number of halogens is 1. The molecule has 0 radical (unpaired) electrons. The molecule has 2 unspecified atom stereocenters. The molecule has 7 heteroatoms. The summed E-state index contributed by atoms with van der Waals surface area (Å²) in [6, 6.07) is 22.4. The van der Waals surface area contributed by atoms with Crippen LogP contribution in [0.15, 0.2) is 77.6 Å². The first kappa shape index (κ1) is 23.1. The van der Waals surface area contributed by atoms with Crippen LogP contribution in [-0.4, -0.2) is 23.0 Å². The molecule has 2 N–H and O–H groups in total. The maximum absolute atomic E-state index is 13.5. The highest BCUT2D eigenvalue weighted by Crippen LogP contribution is 2.41. The zero-order valence-electron chi connectivity index (χ0n) is 19.5. The number of carbonyl (C=O) groups is 1. The summed E-state index contributed by atoms with van der Waals surface area (Å²) in [4.78, 5) is 29.5. The predicted octanol–water partition coefficient (Wildman–Crippen LogP) is 5.79. The third kappa shape index (κ3) is 4.31. The Morgan fingerprint density at radius 3 is 2.51 bits per heavy atom. The third-order valence-electron chi connectivity index (χ3n) is 6.56. The molecular formula is C28H26ClN3O3. The largest absolute Gasteiger partial charge is 0.497 e. The summed E-state index contributed by atoms with van der Waals surface area (Å²) >= 11 is 6.37. The van der Waals surface area contributed by atoms with Gasteiger partial charge in [-0.05, 0) is 47.9 Å². The third-order valence-corrected chi connectivity index (χ3v) is 6.80. The van der Waals surface area contributed by atoms with Crippen LogP contribution in [0.5, 0.6) is 5.75 Å². The number of H-pyrrole nitrogens is 1. The molecule has 2 atom stereocenters. The van der Waals surface area contributed by atoms with E-state index in [1.165, 1.54) is 0 Å². The number of amides is 1. The van der Waals surface area contributed by atoms with Gasteiger partial charge in [0.1, 0.15) is 5.75 Å². The monoisotopic (exact) mass is 487 g/mol. The molecule has 0 saturated carbocycles. The number of hydrogen-bond acceptors (Lipinski definition) is 4. The molecule has 1 aliphatic heterocycles. The molecule has 3 aromatic carbocycles. The van der Waals surface area contributed by atoms with E-state index in [-0.39, 0.29) is 23.6 Å². The lowest BCUT2D eigenvalue weighted by molar-refractivity contribution is -0.135. The maximum Gasteiger partial charge on any atom is 0.253 e. The first-order valence-electron chi connectivity index (χ1n) is 11.6. The molecule has 0 aliphatic carbocycles. The van der Waals surface area contributed by atoms with Crippen LogP contribution in [0.2, 0.25) is 5.02 Å². The lowest BCUT2D eigenvalue weighted by Crippen LogP contribution is -2.39. The van der Waals surface area contributed by atoms with Gasteiger partial charge < -0.3 is 9.72 Å². The topological polar surface area (TPSA) is 74.4 Å². The van der Waals surface area contributed by atoms with Crippen LogP contribution in [0.3, 0.4) is 0 Å². The number of methoxy groups -OCH3 is 1. The van der Waals surface area contributed by atoms with Gasteiger partial charge in [0, 0.05) is 33.5 Å². The number of pyridine rings is 1. The average Bonchev–Trinajstić information content (AvgIpc) is 3.33. The van der Waals surface area contributed by atoms with Crippen molar-refractivity contribution in [2.24, 2.45) is 0 Å². The number of nitrogens with zero attached hydrogens (tertiary/aromatic N) is 1. The molecule has 1 aliphatic rings. The van der Waals surface area contributed by atoms with Crippen molar-refractivity contribution >= 4 is 28.4 Å². The summed E-state index contributed by atoms with van der Waals surface area (Å²) in [5.41, 5.74) is 7.21. The summed E-state index contributed by atoms with van der Waals surface area (Å²) < 4.78 is 5.30. The molecule has 1 fully saturated rings. The minimum Gasteiger partial charge on any atom is -0.497 e. The zero-order valence-corrected chi connectivity index (χ0v) is 20.3. The fourth-order valence-electron chi connectivity index (χ4n) is 4.88. The Kier molecular flexibility index (Phi) is 6.32. The fourth-order valence-corrected chi connectivity index (χ4v) is 5.05. The Hall–Kier alpha value is -3.61. The van der Waals surface area contributed by atoms with E-state index < -0.39 is 0 Å². The summed E-state index contributed by atoms with van der Waals surface area (Å²) in [7, 11) is 1.62. The van der Waals surface area contributed by atoms with Crippen molar-refractivity contribution in [1.82, 2.24) is 15.4 Å². The van der Waals surface area contributed by atoms with Gasteiger partial charge >= 0.3 is 0 Å². The Balaban J connectivity index is 1.67. The van der Waals surface area contributed by atoms with Crippen molar-refractivity contribution in [3.8, 4) is 16.9 Å². The van der Waals surface area contributed by atoms with Gasteiger partial charge in [0.25, 0.3) is 5.56 Å². The van der Waals surface area contributed by atoms with E-state index in [2.05, 4.69) is 10.4 Å². The SMILES string of the molecule is CCC(=O)N1NC(c2c(-c3ccccc3)c3cc(Cl)ccc3[nH]c2=O)CC1c1ccc(OC)cc1. The summed E-state index contributed by atoms with van der Waals surface area (Å²) in [6.07, 6.45) is 0.897. The Bertz CT molecular complexity index is 1430. The van der Waals surface area contributed by atoms with E-state index in [0.717, 1.165) is 27.8 Å². The number of aromatic nitrogens is 1. The van der Waals surface area contributed by atoms with E-state index in [1.807, 2.05) is 73.7 Å². The molecule has 35 heavy (non-hydrogen) atoms. The van der Waals surface area contributed by atoms with Gasteiger partial charge in [-0.3, -0.25) is 14.6 Å². The van der Waals surface area contributed by atoms with Crippen LogP contribution in [0, 0.1) is 0 Å². The van der Waals surface area contributed by atoms with Crippen molar-refractivity contribution in [3.05, 3.63) is 99.3 Å². The standard InChI is InChI=1S/C28H26ClN3O3/c1-3-25(33)32-24(17-9-12-20(35-2)13-10-17)16-23(31-32)27-26(18-7-5-4-6-8-18)21-15-19(29)11-14-22(21)30-28(27)34/h4-15,23-24,31H,3,16H2,1-2H3,(H,30,34). The van der Waals surface area contributed by atoms with E-state index in [1.54, 1.807) is 18.2 Å². The van der Waals surface area contributed by atoms with Crippen molar-refractivity contribution in [1.29, 1.82) is 0 Å². The first-order valence-corrected chi connectivity index (χ1v) is 12.0. The second-order valence-corrected chi connectivity index (χ2v) is 9.06. The molecule has 4 aromatic rings. The van der Waals surface area contributed by atoms with Crippen molar-refractivity contribution in [3.63, 3.8) is 0 Å². The Labute approximate surface area is 208 Å². The highest BCUT2D eigenvalue weighted by atomic mass is 35.5. The maximum atomic E-state index is 13.5. The molecule has 0 bridgehead atoms. The van der Waals surface area contributed by atoms with Crippen molar-refractivity contribution < 1.29 is 9.53 Å². The smallest absolute Gasteiger partial charge is 0.253 e. The van der Waals surface area contributed by atoms with Gasteiger partial charge in [0.05, 0.1) is 19.2 Å². The second kappa shape index (κ2) is 9.56. The lowest BCUT2D eigenvalue weighted by atomic mass is 9.90. The minimum absolute atomic E-state index is 0.0326. The Morgan fingerprint density at radius 1 is 1.09 bits per heavy atom. The van der Waals surface area contributed by atoms with Gasteiger partial charge in [0.15, 0.2) is 0 Å². The van der Waals surface area contributed by atoms with Gasteiger partial charge in [-0.1, -0.05) is 61.0 Å². The van der Waals surface area contributed by atoms with E-state index in [4.69, 9.17) is 16.3 Å². The van der Waals surface area contributed by atoms with Crippen LogP contribution in [0.25, 0.3) is 22.0 Å². The van der Waals surface area contributed by atoms with E-state index in [0.29, 0.717) is 28.9 Å². The van der Waals surface area contributed by atoms with Gasteiger partial charge in [-0.2, -0.15) is 0 Å². The first-order chi connectivity index (χ1) is 17.0. The van der Waals surface area contributed by atoms with Gasteiger partial charge in [-0.25, -0.2) is 5.43 Å². The van der Waals surface area contributed by atoms with Crippen LogP contribution in [0.1, 0.15) is 43.0 Å². The minimum atomic E-state index is -0.375. The number of nitrogens with one attached hydrogen (secondary N) is 2. The Morgan fingerprint density at radius 2 is 1.83 bits per heavy atom. The lowest BCUT2D eigenvalue weighted by Gasteiger charge is -2.24. The number of ether oxygens (including phenoxy) is 1. The van der Waals surface area contributed by atoms with Crippen molar-refractivity contribution in [2.75, 3.05) is 7.11 Å². The number of benzene rings is 3. The highest BCUT2D eigenvalue weighted by molar-refractivity contribution is 6.31. The molecular weight excluding hydrogens is 462 g/mol. The van der Waals surface area contributed by atoms with Crippen LogP contribution in [-0.2, 0) is 4.79 Å². The molecule has 2 heterocycles. The summed E-state index contributed by atoms with van der Waals surface area (Å²) in [5, 5.41) is 3.12. The molecule has 1 aromatic heterocycles. The van der Waals surface area contributed by atoms with E-state index >= 15 is 0 Å². The number of carbonyl (C=O) groups excluding carboxylic acids is 1. The molecule has 1 amide bonds. The highest BCUT2D eigenvalue weighted by Gasteiger charge is 2.38. The van der Waals surface area contributed by atoms with Crippen LogP contribution in [0.4, 0.5) is 0 Å². The second-order valence-electron chi connectivity index (χ2n) is 8.62. The van der Waals surface area contributed by atoms with E-state index in [9.17, 15) is 9.59 Å². The van der Waals surface area contributed by atoms with Gasteiger partial charge in [-0.15, -0.1) is 0 Å². The summed E-state index contributed by atoms with van der Waals surface area (Å²) in [6.45, 7) is 1.84. The van der Waals surface area contributed by atoms with Crippen LogP contribution < -0.4 is 15.7 Å². The normalized spacial score (nSPS) is 17.6. The molecule has 0 spiro atoms. The van der Waals surface area contributed by atoms with Crippen molar-refractivity contribution in [2.45, 2.75) is 31.8 Å². The number of fused-ring (bicyclic) bond motifs is 1. The quantitative estimate of drug-likeness (QED) is 0.374. The summed E-state index contributed by atoms with van der Waals surface area (Å²) in [5.74, 6) is 0.716. The number of rotatable bonds is 5. The zero-order chi connectivity index (χ0) is 24.5. The number of hydrogen-bond donors (Lipinski definition) is 2. The molecule has 5 rings (SSSR count). The van der Waals surface area contributed by atoms with Crippen LogP contribution >= 0.6 is 11.6 Å². The number of aromatic amines is 1.